The summed E-state index contributed by atoms with van der Waals surface area (Å²) in [6.07, 6.45) is 4.88. The highest BCUT2D eigenvalue weighted by molar-refractivity contribution is 5.58. The smallest absolute Gasteiger partial charge is 0.135 e. The second-order valence-corrected chi connectivity index (χ2v) is 8.00. The molecule has 1 saturated heterocycles. The summed E-state index contributed by atoms with van der Waals surface area (Å²) >= 11 is 0. The van der Waals surface area contributed by atoms with Crippen LogP contribution in [0.15, 0.2) is 12.1 Å². The van der Waals surface area contributed by atoms with Gasteiger partial charge >= 0.3 is 0 Å². The van der Waals surface area contributed by atoms with Crippen molar-refractivity contribution in [1.82, 2.24) is 4.90 Å². The maximum Gasteiger partial charge on any atom is 0.135 e. The first-order valence-corrected chi connectivity index (χ1v) is 9.45. The van der Waals surface area contributed by atoms with E-state index < -0.39 is 0 Å². The van der Waals surface area contributed by atoms with E-state index in [0.717, 1.165) is 43.7 Å². The minimum atomic E-state index is 0.0543. The number of ether oxygens (including phenoxy) is 2. The molecule has 0 radical (unpaired) electrons. The molecule has 2 bridgehead atoms. The lowest BCUT2D eigenvalue weighted by atomic mass is 9.51. The molecule has 1 spiro atoms. The molecule has 24 heavy (non-hydrogen) atoms. The van der Waals surface area contributed by atoms with E-state index in [-0.39, 0.29) is 24.2 Å². The van der Waals surface area contributed by atoms with Gasteiger partial charge in [-0.15, -0.1) is 0 Å². The summed E-state index contributed by atoms with van der Waals surface area (Å²) in [6, 6.07) is 4.92. The summed E-state index contributed by atoms with van der Waals surface area (Å²) in [5.41, 5.74) is 3.92. The zero-order valence-corrected chi connectivity index (χ0v) is 14.6. The van der Waals surface area contributed by atoms with Crippen LogP contribution >= 0.6 is 0 Å². The van der Waals surface area contributed by atoms with Crippen LogP contribution in [0.4, 0.5) is 0 Å². The lowest BCUT2D eigenvalue weighted by molar-refractivity contribution is -0.120. The molecule has 1 aromatic carbocycles. The number of nitrogens with zero attached hydrogens (tertiary/aromatic N) is 1. The molecule has 4 heteroatoms. The van der Waals surface area contributed by atoms with Crippen LogP contribution in [-0.2, 0) is 23.2 Å². The number of piperidine rings is 1. The van der Waals surface area contributed by atoms with E-state index in [0.29, 0.717) is 12.0 Å². The van der Waals surface area contributed by atoms with E-state index in [1.165, 1.54) is 17.5 Å². The van der Waals surface area contributed by atoms with Crippen molar-refractivity contribution >= 4 is 0 Å². The van der Waals surface area contributed by atoms with Gasteiger partial charge in [-0.25, -0.2) is 0 Å². The van der Waals surface area contributed by atoms with Crippen molar-refractivity contribution in [2.45, 2.75) is 62.9 Å². The SMILES string of the molecule is CCO[C@H]1CCC2[C@H]3Cc4ccc(CO)c5c4[C@@]2(CCN3C)C1O5. The van der Waals surface area contributed by atoms with Crippen molar-refractivity contribution in [1.29, 1.82) is 0 Å². The molecule has 4 nitrogen and oxygen atoms in total. The van der Waals surface area contributed by atoms with Gasteiger partial charge < -0.3 is 19.5 Å². The van der Waals surface area contributed by atoms with E-state index in [9.17, 15) is 5.11 Å². The Morgan fingerprint density at radius 3 is 3.04 bits per heavy atom. The van der Waals surface area contributed by atoms with Gasteiger partial charge in [-0.1, -0.05) is 12.1 Å². The molecule has 4 aliphatic rings. The number of likely N-dealkylation sites (tertiary alicyclic amines) is 1. The van der Waals surface area contributed by atoms with Crippen LogP contribution in [0.5, 0.6) is 5.75 Å². The van der Waals surface area contributed by atoms with Crippen LogP contribution in [0.1, 0.15) is 42.9 Å². The Morgan fingerprint density at radius 1 is 1.38 bits per heavy atom. The van der Waals surface area contributed by atoms with E-state index in [1.54, 1.807) is 0 Å². The van der Waals surface area contributed by atoms with E-state index >= 15 is 0 Å². The zero-order chi connectivity index (χ0) is 16.5. The number of aliphatic hydroxyl groups excluding tert-OH is 1. The molecule has 2 unspecified atom stereocenters. The molecule has 1 saturated carbocycles. The van der Waals surface area contributed by atoms with Crippen LogP contribution in [0.2, 0.25) is 0 Å². The molecule has 5 atom stereocenters. The lowest BCUT2D eigenvalue weighted by Crippen LogP contribution is -2.66. The van der Waals surface area contributed by atoms with Gasteiger partial charge in [0, 0.05) is 29.2 Å². The molecule has 130 valence electrons. The summed E-state index contributed by atoms with van der Waals surface area (Å²) in [5.74, 6) is 1.64. The summed E-state index contributed by atoms with van der Waals surface area (Å²) in [7, 11) is 2.28. The third-order valence-corrected chi connectivity index (χ3v) is 7.19. The Labute approximate surface area is 143 Å². The predicted molar refractivity (Wildman–Crippen MR) is 91.3 cm³/mol. The van der Waals surface area contributed by atoms with Gasteiger partial charge in [0.2, 0.25) is 0 Å². The molecule has 0 amide bonds. The molecule has 2 fully saturated rings. The van der Waals surface area contributed by atoms with Crippen LogP contribution in [0, 0.1) is 5.92 Å². The molecule has 2 aliphatic carbocycles. The van der Waals surface area contributed by atoms with E-state index in [2.05, 4.69) is 31.0 Å². The van der Waals surface area contributed by atoms with Crippen LogP contribution in [0.25, 0.3) is 0 Å². The topological polar surface area (TPSA) is 41.9 Å². The quantitative estimate of drug-likeness (QED) is 0.924. The Balaban J connectivity index is 1.73. The Morgan fingerprint density at radius 2 is 2.25 bits per heavy atom. The second-order valence-electron chi connectivity index (χ2n) is 8.00. The summed E-state index contributed by atoms with van der Waals surface area (Å²) in [4.78, 5) is 2.56. The van der Waals surface area contributed by atoms with Gasteiger partial charge in [-0.3, -0.25) is 0 Å². The highest BCUT2D eigenvalue weighted by Crippen LogP contribution is 2.62. The normalized spacial score (nSPS) is 39.5. The highest BCUT2D eigenvalue weighted by Gasteiger charge is 2.65. The van der Waals surface area contributed by atoms with E-state index in [1.807, 2.05) is 0 Å². The number of likely N-dealkylation sites (N-methyl/N-ethyl adjacent to an activating group) is 1. The van der Waals surface area contributed by atoms with Gasteiger partial charge in [0.15, 0.2) is 0 Å². The summed E-state index contributed by atoms with van der Waals surface area (Å²) < 4.78 is 12.7. The van der Waals surface area contributed by atoms with Gasteiger partial charge in [0.05, 0.1) is 12.7 Å². The predicted octanol–water partition coefficient (Wildman–Crippen LogP) is 2.25. The Hall–Kier alpha value is -1.10. The largest absolute Gasteiger partial charge is 0.486 e. The average molecular weight is 329 g/mol. The van der Waals surface area contributed by atoms with Crippen molar-refractivity contribution in [2.75, 3.05) is 20.2 Å². The maximum atomic E-state index is 9.82. The van der Waals surface area contributed by atoms with E-state index in [4.69, 9.17) is 9.47 Å². The number of benzene rings is 1. The van der Waals surface area contributed by atoms with Crippen molar-refractivity contribution in [3.63, 3.8) is 0 Å². The molecule has 2 aliphatic heterocycles. The summed E-state index contributed by atoms with van der Waals surface area (Å²) in [5, 5.41) is 9.82. The third-order valence-electron chi connectivity index (χ3n) is 7.19. The highest BCUT2D eigenvalue weighted by atomic mass is 16.5. The third kappa shape index (κ3) is 1.69. The Kier molecular flexibility index (Phi) is 3.29. The van der Waals surface area contributed by atoms with Crippen molar-refractivity contribution in [2.24, 2.45) is 5.92 Å². The van der Waals surface area contributed by atoms with Crippen LogP contribution in [0.3, 0.4) is 0 Å². The lowest BCUT2D eigenvalue weighted by Gasteiger charge is -2.58. The van der Waals surface area contributed by atoms with Gasteiger partial charge in [-0.05, 0) is 57.7 Å². The monoisotopic (exact) mass is 329 g/mol. The molecular formula is C20H27NO3. The average Bonchev–Trinajstić information content (AvgIpc) is 2.94. The molecule has 1 N–H and O–H groups in total. The number of hydrogen-bond donors (Lipinski definition) is 1. The van der Waals surface area contributed by atoms with Crippen LogP contribution < -0.4 is 4.74 Å². The number of rotatable bonds is 3. The number of hydrogen-bond acceptors (Lipinski definition) is 4. The Bertz CT molecular complexity index is 675. The number of aliphatic hydroxyl groups is 1. The minimum Gasteiger partial charge on any atom is -0.486 e. The fraction of sp³-hybridized carbons (Fsp3) is 0.700. The molecule has 5 rings (SSSR count). The summed E-state index contributed by atoms with van der Waals surface area (Å²) in [6.45, 7) is 4.00. The fourth-order valence-corrected chi connectivity index (χ4v) is 6.27. The standard InChI is InChI=1S/C20H27NO3/c1-3-23-16-7-6-14-15-10-12-4-5-13(11-22)18-17(12)20(14,19(16)24-18)8-9-21(15)2/h4-5,14-16,19,22H,3,6-11H2,1-2H3/t14?,15-,16+,19?,20+/m1/s1. The molecule has 2 heterocycles. The minimum absolute atomic E-state index is 0.0543. The van der Waals surface area contributed by atoms with Crippen molar-refractivity contribution < 1.29 is 14.6 Å². The maximum absolute atomic E-state index is 9.82. The molecular weight excluding hydrogens is 302 g/mol. The van der Waals surface area contributed by atoms with Crippen LogP contribution in [-0.4, -0.2) is 48.5 Å². The fourth-order valence-electron chi connectivity index (χ4n) is 6.27. The van der Waals surface area contributed by atoms with Gasteiger partial charge in [-0.2, -0.15) is 0 Å². The molecule has 1 aromatic rings. The first-order valence-electron chi connectivity index (χ1n) is 9.45. The van der Waals surface area contributed by atoms with Gasteiger partial charge in [0.25, 0.3) is 0 Å². The first-order chi connectivity index (χ1) is 11.7. The zero-order valence-electron chi connectivity index (χ0n) is 14.6. The molecule has 0 aromatic heterocycles. The van der Waals surface area contributed by atoms with Gasteiger partial charge in [0.1, 0.15) is 11.9 Å². The second kappa shape index (κ2) is 5.20. The van der Waals surface area contributed by atoms with Crippen molar-refractivity contribution in [3.8, 4) is 5.75 Å². The first kappa shape index (κ1) is 15.2. The van der Waals surface area contributed by atoms with Crippen molar-refractivity contribution in [3.05, 3.63) is 28.8 Å².